The number of anilines is 1. The van der Waals surface area contributed by atoms with Crippen LogP contribution in [0.3, 0.4) is 0 Å². The SMILES string of the molecule is O=C(COc1ccc(F)cc1)N1CCN(c2ccc([N+](=O)[O-])c3cccnc23)CC1. The lowest BCUT2D eigenvalue weighted by Gasteiger charge is -2.36. The summed E-state index contributed by atoms with van der Waals surface area (Å²) in [4.78, 5) is 31.4. The number of halogens is 1. The van der Waals surface area contributed by atoms with Gasteiger partial charge in [0.2, 0.25) is 0 Å². The first-order chi connectivity index (χ1) is 14.5. The Bertz CT molecular complexity index is 1080. The standard InChI is InChI=1S/C21H19FN4O4/c22-15-3-5-16(6-4-15)30-14-20(27)25-12-10-24(11-13-25)19-8-7-18(26(28)29)17-2-1-9-23-21(17)19/h1-9H,10-14H2. The van der Waals surface area contributed by atoms with Gasteiger partial charge in [-0.15, -0.1) is 0 Å². The highest BCUT2D eigenvalue weighted by atomic mass is 19.1. The van der Waals surface area contributed by atoms with Crippen molar-refractivity contribution in [2.24, 2.45) is 0 Å². The van der Waals surface area contributed by atoms with Crippen molar-refractivity contribution in [2.45, 2.75) is 0 Å². The molecule has 0 spiro atoms. The Hall–Kier alpha value is -3.75. The van der Waals surface area contributed by atoms with Gasteiger partial charge in [-0.25, -0.2) is 4.39 Å². The second-order valence-electron chi connectivity index (χ2n) is 6.87. The normalized spacial score (nSPS) is 14.0. The van der Waals surface area contributed by atoms with Crippen molar-refractivity contribution in [3.63, 3.8) is 0 Å². The number of benzene rings is 2. The lowest BCUT2D eigenvalue weighted by atomic mass is 10.1. The first-order valence-corrected chi connectivity index (χ1v) is 9.46. The number of hydrogen-bond donors (Lipinski definition) is 0. The molecule has 0 N–H and O–H groups in total. The molecule has 0 unspecified atom stereocenters. The fourth-order valence-electron chi connectivity index (χ4n) is 3.52. The Morgan fingerprint density at radius 3 is 2.53 bits per heavy atom. The number of nitro groups is 1. The highest BCUT2D eigenvalue weighted by Crippen LogP contribution is 2.32. The van der Waals surface area contributed by atoms with Gasteiger partial charge >= 0.3 is 0 Å². The first-order valence-electron chi connectivity index (χ1n) is 9.46. The molecule has 1 saturated heterocycles. The average molecular weight is 410 g/mol. The van der Waals surface area contributed by atoms with Gasteiger partial charge in [-0.1, -0.05) is 0 Å². The van der Waals surface area contributed by atoms with Crippen LogP contribution in [0.4, 0.5) is 15.8 Å². The van der Waals surface area contributed by atoms with Gasteiger partial charge in [0, 0.05) is 38.4 Å². The van der Waals surface area contributed by atoms with Crippen molar-refractivity contribution in [1.82, 2.24) is 9.88 Å². The fraction of sp³-hybridized carbons (Fsp3) is 0.238. The fourth-order valence-corrected chi connectivity index (χ4v) is 3.52. The van der Waals surface area contributed by atoms with E-state index in [1.54, 1.807) is 29.3 Å². The molecule has 30 heavy (non-hydrogen) atoms. The number of piperazine rings is 1. The summed E-state index contributed by atoms with van der Waals surface area (Å²) in [5, 5.41) is 11.8. The predicted molar refractivity (Wildman–Crippen MR) is 109 cm³/mol. The van der Waals surface area contributed by atoms with E-state index in [1.165, 1.54) is 30.3 Å². The van der Waals surface area contributed by atoms with Crippen LogP contribution >= 0.6 is 0 Å². The van der Waals surface area contributed by atoms with Crippen molar-refractivity contribution >= 4 is 28.2 Å². The number of hydrogen-bond acceptors (Lipinski definition) is 6. The lowest BCUT2D eigenvalue weighted by molar-refractivity contribution is -0.383. The van der Waals surface area contributed by atoms with Gasteiger partial charge in [0.05, 0.1) is 16.0 Å². The first kappa shape index (κ1) is 19.6. The largest absolute Gasteiger partial charge is 0.484 e. The molecule has 2 heterocycles. The number of amides is 1. The van der Waals surface area contributed by atoms with Crippen molar-refractivity contribution in [3.8, 4) is 5.75 Å². The van der Waals surface area contributed by atoms with Gasteiger partial charge in [0.25, 0.3) is 11.6 Å². The molecular weight excluding hydrogens is 391 g/mol. The van der Waals surface area contributed by atoms with Crippen LogP contribution in [0, 0.1) is 15.9 Å². The lowest BCUT2D eigenvalue weighted by Crippen LogP contribution is -2.50. The van der Waals surface area contributed by atoms with Gasteiger partial charge in [0.15, 0.2) is 6.61 Å². The topological polar surface area (TPSA) is 88.8 Å². The molecule has 0 bridgehead atoms. The number of pyridine rings is 1. The summed E-state index contributed by atoms with van der Waals surface area (Å²) >= 11 is 0. The number of ether oxygens (including phenoxy) is 1. The van der Waals surface area contributed by atoms with E-state index in [2.05, 4.69) is 9.88 Å². The molecule has 1 aliphatic rings. The minimum Gasteiger partial charge on any atom is -0.484 e. The van der Waals surface area contributed by atoms with Gasteiger partial charge < -0.3 is 14.5 Å². The summed E-state index contributed by atoms with van der Waals surface area (Å²) < 4.78 is 18.4. The number of aromatic nitrogens is 1. The minimum atomic E-state index is -0.411. The summed E-state index contributed by atoms with van der Waals surface area (Å²) in [6.45, 7) is 2.03. The highest BCUT2D eigenvalue weighted by molar-refractivity contribution is 5.97. The summed E-state index contributed by atoms with van der Waals surface area (Å²) in [6, 6.07) is 12.1. The summed E-state index contributed by atoms with van der Waals surface area (Å²) in [7, 11) is 0. The van der Waals surface area contributed by atoms with Crippen molar-refractivity contribution in [2.75, 3.05) is 37.7 Å². The minimum absolute atomic E-state index is 0.0219. The van der Waals surface area contributed by atoms with E-state index in [4.69, 9.17) is 4.74 Å². The van der Waals surface area contributed by atoms with E-state index >= 15 is 0 Å². The van der Waals surface area contributed by atoms with Gasteiger partial charge in [0.1, 0.15) is 17.1 Å². The zero-order valence-electron chi connectivity index (χ0n) is 16.0. The smallest absolute Gasteiger partial charge is 0.278 e. The number of fused-ring (bicyclic) bond motifs is 1. The van der Waals surface area contributed by atoms with Crippen LogP contribution in [-0.2, 0) is 4.79 Å². The monoisotopic (exact) mass is 410 g/mol. The van der Waals surface area contributed by atoms with Crippen molar-refractivity contribution < 1.29 is 18.8 Å². The molecule has 154 valence electrons. The second-order valence-corrected chi connectivity index (χ2v) is 6.87. The number of non-ortho nitro benzene ring substituents is 1. The summed E-state index contributed by atoms with van der Waals surface area (Å²) in [6.07, 6.45) is 1.61. The number of nitro benzene ring substituents is 1. The molecule has 0 atom stereocenters. The molecule has 0 radical (unpaired) electrons. The molecule has 8 nitrogen and oxygen atoms in total. The van der Waals surface area contributed by atoms with Crippen molar-refractivity contribution in [1.29, 1.82) is 0 Å². The van der Waals surface area contributed by atoms with E-state index in [1.807, 2.05) is 0 Å². The number of carbonyl (C=O) groups is 1. The predicted octanol–water partition coefficient (Wildman–Crippen LogP) is 3.01. The molecule has 0 aliphatic carbocycles. The van der Waals surface area contributed by atoms with Gasteiger partial charge in [-0.05, 0) is 42.5 Å². The Morgan fingerprint density at radius 2 is 1.83 bits per heavy atom. The van der Waals surface area contributed by atoms with Gasteiger partial charge in [-0.2, -0.15) is 0 Å². The average Bonchev–Trinajstić information content (AvgIpc) is 2.77. The van der Waals surface area contributed by atoms with Crippen LogP contribution in [0.15, 0.2) is 54.7 Å². The molecular formula is C21H19FN4O4. The third-order valence-corrected chi connectivity index (χ3v) is 5.07. The maximum atomic E-state index is 12.9. The van der Waals surface area contributed by atoms with Crippen LogP contribution in [0.2, 0.25) is 0 Å². The molecule has 1 fully saturated rings. The van der Waals surface area contributed by atoms with Crippen LogP contribution < -0.4 is 9.64 Å². The number of nitrogens with zero attached hydrogens (tertiary/aromatic N) is 4. The van der Waals surface area contributed by atoms with Gasteiger partial charge in [-0.3, -0.25) is 19.9 Å². The van der Waals surface area contributed by atoms with Crippen LogP contribution in [0.1, 0.15) is 0 Å². The third kappa shape index (κ3) is 4.00. The van der Waals surface area contributed by atoms with Crippen LogP contribution in [0.5, 0.6) is 5.75 Å². The summed E-state index contributed by atoms with van der Waals surface area (Å²) in [5.41, 5.74) is 1.41. The Kier molecular flexibility index (Phi) is 5.42. The zero-order valence-corrected chi connectivity index (χ0v) is 16.0. The molecule has 0 saturated carbocycles. The quantitative estimate of drug-likeness (QED) is 0.475. The maximum absolute atomic E-state index is 12.9. The van der Waals surface area contributed by atoms with Crippen LogP contribution in [0.25, 0.3) is 10.9 Å². The summed E-state index contributed by atoms with van der Waals surface area (Å²) in [5.74, 6) is -0.0736. The molecule has 1 amide bonds. The zero-order chi connectivity index (χ0) is 21.1. The molecule has 4 rings (SSSR count). The Balaban J connectivity index is 1.41. The second kappa shape index (κ2) is 8.32. The molecule has 1 aromatic heterocycles. The highest BCUT2D eigenvalue weighted by Gasteiger charge is 2.24. The molecule has 1 aliphatic heterocycles. The molecule has 9 heteroatoms. The van der Waals surface area contributed by atoms with E-state index in [0.717, 1.165) is 5.69 Å². The Morgan fingerprint density at radius 1 is 1.10 bits per heavy atom. The molecule has 2 aromatic carbocycles. The van der Waals surface area contributed by atoms with E-state index in [9.17, 15) is 19.3 Å². The Labute approximate surface area is 171 Å². The third-order valence-electron chi connectivity index (χ3n) is 5.07. The van der Waals surface area contributed by atoms with Crippen LogP contribution in [-0.4, -0.2) is 53.5 Å². The van der Waals surface area contributed by atoms with E-state index in [-0.39, 0.29) is 24.0 Å². The number of carbonyl (C=O) groups excluding carboxylic acids is 1. The molecule has 3 aromatic rings. The van der Waals surface area contributed by atoms with E-state index in [0.29, 0.717) is 42.8 Å². The van der Waals surface area contributed by atoms with Crippen molar-refractivity contribution in [3.05, 3.63) is 70.7 Å². The maximum Gasteiger partial charge on any atom is 0.278 e. The number of rotatable bonds is 5. The van der Waals surface area contributed by atoms with E-state index < -0.39 is 4.92 Å².